The second-order valence-corrected chi connectivity index (χ2v) is 1.86. The zero-order valence-corrected chi connectivity index (χ0v) is 6.61. The quantitative estimate of drug-likeness (QED) is 0.580. The fourth-order valence-electron chi connectivity index (χ4n) is 0.214. The van der Waals surface area contributed by atoms with Crippen LogP contribution >= 0.6 is 11.6 Å². The van der Waals surface area contributed by atoms with Crippen LogP contribution in [0.5, 0.6) is 0 Å². The molecule has 0 saturated carbocycles. The molecule has 0 rings (SSSR count). The number of hydrogen-bond donors (Lipinski definition) is 3. The van der Waals surface area contributed by atoms with E-state index in [0.29, 0.717) is 0 Å². The van der Waals surface area contributed by atoms with Gasteiger partial charge in [-0.05, 0) is 0 Å². The maximum atomic E-state index is 9.64. The Kier molecular flexibility index (Phi) is 8.65. The average Bonchev–Trinajstić information content (AvgIpc) is 1.82. The van der Waals surface area contributed by atoms with Crippen LogP contribution in [0.3, 0.4) is 0 Å². The fourth-order valence-corrected chi connectivity index (χ4v) is 0.214. The van der Waals surface area contributed by atoms with Crippen LogP contribution in [0.1, 0.15) is 12.8 Å². The Balaban J connectivity index is 0. The highest BCUT2D eigenvalue weighted by atomic mass is 35.5. The van der Waals surface area contributed by atoms with Crippen LogP contribution in [-0.4, -0.2) is 32.7 Å². The molecular weight excluding hydrogens is 192 g/mol. The second-order valence-electron chi connectivity index (χ2n) is 1.54. The lowest BCUT2D eigenvalue weighted by molar-refractivity contribution is -0.143. The Morgan fingerprint density at radius 3 is 1.17 bits per heavy atom. The molecule has 6 nitrogen and oxygen atoms in total. The summed E-state index contributed by atoms with van der Waals surface area (Å²) >= 11 is 4.19. The average molecular weight is 199 g/mol. The van der Waals surface area contributed by atoms with E-state index in [9.17, 15) is 9.59 Å². The molecule has 0 aromatic heterocycles. The Morgan fingerprint density at radius 2 is 1.08 bits per heavy atom. The number of carboxylic acid groups (broad SMARTS) is 3. The summed E-state index contributed by atoms with van der Waals surface area (Å²) in [5, 5.41) is 23.0. The van der Waals surface area contributed by atoms with Crippen molar-refractivity contribution >= 4 is 29.0 Å². The van der Waals surface area contributed by atoms with E-state index in [1.165, 1.54) is 0 Å². The molecule has 7 heteroatoms. The highest BCUT2D eigenvalue weighted by Gasteiger charge is 2.00. The van der Waals surface area contributed by atoms with Crippen LogP contribution in [0, 0.1) is 0 Å². The Hall–Kier alpha value is -1.30. The topological polar surface area (TPSA) is 112 Å². The third kappa shape index (κ3) is 37.7. The summed E-state index contributed by atoms with van der Waals surface area (Å²) in [6.45, 7) is 0. The molecule has 0 bridgehead atoms. The predicted molar refractivity (Wildman–Crippen MR) is 38.4 cm³/mol. The van der Waals surface area contributed by atoms with Gasteiger partial charge in [0, 0.05) is 11.6 Å². The number of halogens is 1. The van der Waals surface area contributed by atoms with Gasteiger partial charge in [-0.1, -0.05) is 0 Å². The van der Waals surface area contributed by atoms with E-state index in [1.54, 1.807) is 0 Å². The van der Waals surface area contributed by atoms with Crippen molar-refractivity contribution in [1.29, 1.82) is 0 Å². The summed E-state index contributed by atoms with van der Waals surface area (Å²) in [5.74, 6) is -2.15. The predicted octanol–water partition coefficient (Wildman–Crippen LogP) is 0.839. The fraction of sp³-hybridized carbons (Fsp3) is 0.400. The summed E-state index contributed by atoms with van der Waals surface area (Å²) in [4.78, 5) is 28.0. The molecule has 70 valence electrons. The standard InChI is InChI=1S/C4H6O4.CHClO2/c5-3(6)1-2-4(7)8;2-1(3)4/h1-2H2,(H,5,6)(H,7,8);(H,3,4). The molecule has 0 aromatic carbocycles. The SMILES string of the molecule is O=C(O)CCC(=O)O.O=C(O)Cl. The molecular formula is C5H7ClO6. The minimum absolute atomic E-state index is 0.296. The van der Waals surface area contributed by atoms with E-state index in [2.05, 4.69) is 11.6 Å². The molecule has 0 amide bonds. The van der Waals surface area contributed by atoms with Crippen molar-refractivity contribution in [3.8, 4) is 0 Å². The lowest BCUT2D eigenvalue weighted by Crippen LogP contribution is -2.00. The zero-order chi connectivity index (χ0) is 10.1. The lowest BCUT2D eigenvalue weighted by Gasteiger charge is -1.85. The van der Waals surface area contributed by atoms with Gasteiger partial charge < -0.3 is 15.3 Å². The molecule has 0 radical (unpaired) electrons. The maximum absolute atomic E-state index is 9.64. The van der Waals surface area contributed by atoms with Gasteiger partial charge in [-0.15, -0.1) is 0 Å². The molecule has 0 aliphatic heterocycles. The molecule has 0 heterocycles. The highest BCUT2D eigenvalue weighted by molar-refractivity contribution is 6.60. The molecule has 0 spiro atoms. The summed E-state index contributed by atoms with van der Waals surface area (Å²) in [6.07, 6.45) is -0.593. The van der Waals surface area contributed by atoms with E-state index in [4.69, 9.17) is 20.1 Å². The monoisotopic (exact) mass is 198 g/mol. The van der Waals surface area contributed by atoms with E-state index in [0.717, 1.165) is 0 Å². The maximum Gasteiger partial charge on any atom is 0.401 e. The summed E-state index contributed by atoms with van der Waals surface area (Å²) < 4.78 is 0. The lowest BCUT2D eigenvalue weighted by atomic mass is 10.3. The van der Waals surface area contributed by atoms with Gasteiger partial charge in [-0.2, -0.15) is 0 Å². The number of carbonyl (C=O) groups is 3. The highest BCUT2D eigenvalue weighted by Crippen LogP contribution is 1.86. The van der Waals surface area contributed by atoms with Crippen LogP contribution in [0.4, 0.5) is 4.79 Å². The van der Waals surface area contributed by atoms with Crippen molar-refractivity contribution in [1.82, 2.24) is 0 Å². The minimum atomic E-state index is -1.36. The molecule has 0 fully saturated rings. The number of rotatable bonds is 3. The summed E-state index contributed by atoms with van der Waals surface area (Å²) in [5.41, 5.74) is -1.36. The van der Waals surface area contributed by atoms with Crippen LogP contribution in [0.2, 0.25) is 0 Å². The molecule has 0 atom stereocenters. The van der Waals surface area contributed by atoms with E-state index in [-0.39, 0.29) is 12.8 Å². The first-order valence-corrected chi connectivity index (χ1v) is 3.06. The molecule has 0 aliphatic rings. The van der Waals surface area contributed by atoms with Gasteiger partial charge in [0.1, 0.15) is 0 Å². The van der Waals surface area contributed by atoms with E-state index in [1.807, 2.05) is 0 Å². The van der Waals surface area contributed by atoms with Gasteiger partial charge >= 0.3 is 17.4 Å². The minimum Gasteiger partial charge on any atom is -0.481 e. The Morgan fingerprint density at radius 1 is 0.917 bits per heavy atom. The molecule has 0 saturated heterocycles. The van der Waals surface area contributed by atoms with E-state index < -0.39 is 17.4 Å². The molecule has 12 heavy (non-hydrogen) atoms. The number of carboxylic acids is 2. The molecule has 3 N–H and O–H groups in total. The van der Waals surface area contributed by atoms with Crippen molar-refractivity contribution < 1.29 is 29.7 Å². The van der Waals surface area contributed by atoms with Gasteiger partial charge in [0.15, 0.2) is 0 Å². The molecule has 0 aromatic rings. The van der Waals surface area contributed by atoms with Crippen LogP contribution < -0.4 is 0 Å². The van der Waals surface area contributed by atoms with Crippen molar-refractivity contribution in [2.24, 2.45) is 0 Å². The summed E-state index contributed by atoms with van der Waals surface area (Å²) in [6, 6.07) is 0. The zero-order valence-electron chi connectivity index (χ0n) is 5.86. The van der Waals surface area contributed by atoms with Gasteiger partial charge in [0.25, 0.3) is 0 Å². The van der Waals surface area contributed by atoms with Crippen LogP contribution in [0.25, 0.3) is 0 Å². The first-order chi connectivity index (χ1) is 5.36. The van der Waals surface area contributed by atoms with Crippen LogP contribution in [-0.2, 0) is 9.59 Å². The Bertz CT molecular complexity index is 159. The number of aliphatic carboxylic acids is 2. The second kappa shape index (κ2) is 7.80. The normalized spacial score (nSPS) is 7.75. The molecule has 0 aliphatic carbocycles. The van der Waals surface area contributed by atoms with Crippen molar-refractivity contribution in [2.75, 3.05) is 0 Å². The van der Waals surface area contributed by atoms with Crippen LogP contribution in [0.15, 0.2) is 0 Å². The first kappa shape index (κ1) is 13.3. The smallest absolute Gasteiger partial charge is 0.401 e. The summed E-state index contributed by atoms with van der Waals surface area (Å²) in [7, 11) is 0. The third-order valence-corrected chi connectivity index (χ3v) is 0.553. The van der Waals surface area contributed by atoms with Gasteiger partial charge in [-0.3, -0.25) is 9.59 Å². The Labute approximate surface area is 72.4 Å². The van der Waals surface area contributed by atoms with Crippen molar-refractivity contribution in [3.63, 3.8) is 0 Å². The van der Waals surface area contributed by atoms with Gasteiger partial charge in [0.2, 0.25) is 0 Å². The third-order valence-electron chi connectivity index (χ3n) is 0.553. The number of hydrogen-bond acceptors (Lipinski definition) is 3. The largest absolute Gasteiger partial charge is 0.481 e. The van der Waals surface area contributed by atoms with E-state index >= 15 is 0 Å². The van der Waals surface area contributed by atoms with Gasteiger partial charge in [-0.25, -0.2) is 4.79 Å². The first-order valence-electron chi connectivity index (χ1n) is 2.68. The molecule has 0 unspecified atom stereocenters. The van der Waals surface area contributed by atoms with Gasteiger partial charge in [0.05, 0.1) is 12.8 Å². The van der Waals surface area contributed by atoms with Crippen molar-refractivity contribution in [3.05, 3.63) is 0 Å². The van der Waals surface area contributed by atoms with Crippen molar-refractivity contribution in [2.45, 2.75) is 12.8 Å².